The number of aromatic amines is 1. The molecule has 3 rings (SSSR count). The Morgan fingerprint density at radius 1 is 1.37 bits per heavy atom. The molecule has 19 heavy (non-hydrogen) atoms. The maximum atomic E-state index is 4.67. The summed E-state index contributed by atoms with van der Waals surface area (Å²) in [6.45, 7) is 0. The summed E-state index contributed by atoms with van der Waals surface area (Å²) < 4.78 is 2.12. The van der Waals surface area contributed by atoms with Crippen LogP contribution in [0.25, 0.3) is 11.0 Å². The summed E-state index contributed by atoms with van der Waals surface area (Å²) in [5.74, 6) is 1.03. The molecule has 6 heteroatoms. The first-order valence-corrected chi connectivity index (χ1v) is 6.23. The quantitative estimate of drug-likeness (QED) is 0.735. The van der Waals surface area contributed by atoms with E-state index in [-0.39, 0.29) is 6.04 Å². The van der Waals surface area contributed by atoms with Gasteiger partial charge in [0.2, 0.25) is 0 Å². The first kappa shape index (κ1) is 11.9. The molecule has 0 aliphatic heterocycles. The summed E-state index contributed by atoms with van der Waals surface area (Å²) in [7, 11) is 3.96. The zero-order valence-electron chi connectivity index (χ0n) is 11.0. The van der Waals surface area contributed by atoms with E-state index >= 15 is 0 Å². The second kappa shape index (κ2) is 4.81. The fourth-order valence-electron chi connectivity index (χ4n) is 2.29. The zero-order chi connectivity index (χ0) is 13.2. The monoisotopic (exact) mass is 256 g/mol. The first-order chi connectivity index (χ1) is 9.29. The Bertz CT molecular complexity index is 670. The predicted molar refractivity (Wildman–Crippen MR) is 72.6 cm³/mol. The average Bonchev–Trinajstić information content (AvgIpc) is 3.06. The van der Waals surface area contributed by atoms with E-state index in [0.717, 1.165) is 29.0 Å². The van der Waals surface area contributed by atoms with Crippen LogP contribution in [0.1, 0.15) is 17.6 Å². The predicted octanol–water partition coefficient (Wildman–Crippen LogP) is 1.19. The van der Waals surface area contributed by atoms with Gasteiger partial charge in [-0.15, -0.1) is 0 Å². The van der Waals surface area contributed by atoms with E-state index in [1.54, 1.807) is 6.20 Å². The van der Waals surface area contributed by atoms with E-state index in [2.05, 4.69) is 36.3 Å². The van der Waals surface area contributed by atoms with Crippen molar-refractivity contribution in [1.82, 2.24) is 30.3 Å². The van der Waals surface area contributed by atoms with Gasteiger partial charge in [-0.2, -0.15) is 15.4 Å². The van der Waals surface area contributed by atoms with E-state index in [1.807, 2.05) is 32.3 Å². The third-order valence-electron chi connectivity index (χ3n) is 3.41. The molecule has 2 N–H and O–H groups in total. The SMILES string of the molecule is CNC(Cc1nc2ccccc2n1C)c1cn[nH]n1. The van der Waals surface area contributed by atoms with Crippen molar-refractivity contribution >= 4 is 11.0 Å². The minimum absolute atomic E-state index is 0.106. The standard InChI is InChI=1S/C13H16N6/c1-14-10(11-8-15-18-17-11)7-13-16-9-5-3-4-6-12(9)19(13)2/h3-6,8,10,14H,7H2,1-2H3,(H,15,17,18). The molecule has 0 amide bonds. The van der Waals surface area contributed by atoms with Crippen LogP contribution in [-0.4, -0.2) is 32.0 Å². The number of rotatable bonds is 4. The number of aryl methyl sites for hydroxylation is 1. The second-order valence-corrected chi connectivity index (χ2v) is 4.52. The van der Waals surface area contributed by atoms with Crippen molar-refractivity contribution in [2.24, 2.45) is 7.05 Å². The Morgan fingerprint density at radius 2 is 2.21 bits per heavy atom. The smallest absolute Gasteiger partial charge is 0.111 e. The van der Waals surface area contributed by atoms with E-state index in [4.69, 9.17) is 0 Å². The molecule has 0 aliphatic carbocycles. The molecule has 1 atom stereocenters. The van der Waals surface area contributed by atoms with Crippen molar-refractivity contribution in [3.05, 3.63) is 42.0 Å². The third-order valence-corrected chi connectivity index (χ3v) is 3.41. The summed E-state index contributed by atoms with van der Waals surface area (Å²) in [5.41, 5.74) is 3.07. The number of nitrogens with one attached hydrogen (secondary N) is 2. The van der Waals surface area contributed by atoms with Crippen LogP contribution in [0.4, 0.5) is 0 Å². The van der Waals surface area contributed by atoms with E-state index in [1.165, 1.54) is 0 Å². The van der Waals surface area contributed by atoms with Gasteiger partial charge in [0, 0.05) is 13.5 Å². The lowest BCUT2D eigenvalue weighted by Gasteiger charge is -2.12. The van der Waals surface area contributed by atoms with Crippen LogP contribution in [0.2, 0.25) is 0 Å². The number of likely N-dealkylation sites (N-methyl/N-ethyl adjacent to an activating group) is 1. The van der Waals surface area contributed by atoms with Gasteiger partial charge in [0.15, 0.2) is 0 Å². The number of aromatic nitrogens is 5. The molecule has 0 bridgehead atoms. The molecular weight excluding hydrogens is 240 g/mol. The van der Waals surface area contributed by atoms with Crippen molar-refractivity contribution < 1.29 is 0 Å². The number of para-hydroxylation sites is 2. The van der Waals surface area contributed by atoms with E-state index in [9.17, 15) is 0 Å². The van der Waals surface area contributed by atoms with Gasteiger partial charge in [-0.3, -0.25) is 0 Å². The topological polar surface area (TPSA) is 71.4 Å². The van der Waals surface area contributed by atoms with Crippen molar-refractivity contribution in [2.75, 3.05) is 7.05 Å². The molecule has 6 nitrogen and oxygen atoms in total. The molecule has 1 aromatic carbocycles. The maximum Gasteiger partial charge on any atom is 0.111 e. The number of benzene rings is 1. The van der Waals surface area contributed by atoms with E-state index in [0.29, 0.717) is 0 Å². The number of fused-ring (bicyclic) bond motifs is 1. The van der Waals surface area contributed by atoms with Gasteiger partial charge < -0.3 is 9.88 Å². The van der Waals surface area contributed by atoms with Crippen molar-refractivity contribution in [3.63, 3.8) is 0 Å². The number of hydrogen-bond acceptors (Lipinski definition) is 4. The normalized spacial score (nSPS) is 12.9. The lowest BCUT2D eigenvalue weighted by Crippen LogP contribution is -2.20. The summed E-state index contributed by atoms with van der Waals surface area (Å²) in [6, 6.07) is 8.25. The highest BCUT2D eigenvalue weighted by molar-refractivity contribution is 5.75. The van der Waals surface area contributed by atoms with Crippen molar-refractivity contribution in [2.45, 2.75) is 12.5 Å². The Labute approximate surface area is 110 Å². The van der Waals surface area contributed by atoms with Crippen LogP contribution in [-0.2, 0) is 13.5 Å². The van der Waals surface area contributed by atoms with Gasteiger partial charge in [0.25, 0.3) is 0 Å². The second-order valence-electron chi connectivity index (χ2n) is 4.52. The van der Waals surface area contributed by atoms with Crippen LogP contribution in [0, 0.1) is 0 Å². The molecule has 0 fully saturated rings. The Morgan fingerprint density at radius 3 is 2.89 bits per heavy atom. The van der Waals surface area contributed by atoms with Crippen LogP contribution < -0.4 is 5.32 Å². The molecule has 1 unspecified atom stereocenters. The Balaban J connectivity index is 1.94. The van der Waals surface area contributed by atoms with Crippen LogP contribution >= 0.6 is 0 Å². The summed E-state index contributed by atoms with van der Waals surface area (Å²) >= 11 is 0. The molecule has 0 aliphatic rings. The molecule has 0 saturated carbocycles. The zero-order valence-corrected chi connectivity index (χ0v) is 11.0. The number of nitrogens with zero attached hydrogens (tertiary/aromatic N) is 4. The number of H-pyrrole nitrogens is 1. The van der Waals surface area contributed by atoms with Gasteiger partial charge in [-0.1, -0.05) is 12.1 Å². The van der Waals surface area contributed by atoms with Crippen molar-refractivity contribution in [3.8, 4) is 0 Å². The van der Waals surface area contributed by atoms with Gasteiger partial charge in [0.1, 0.15) is 5.82 Å². The lowest BCUT2D eigenvalue weighted by atomic mass is 10.1. The number of hydrogen-bond donors (Lipinski definition) is 2. The van der Waals surface area contributed by atoms with Gasteiger partial charge >= 0.3 is 0 Å². The largest absolute Gasteiger partial charge is 0.331 e. The minimum Gasteiger partial charge on any atom is -0.331 e. The summed E-state index contributed by atoms with van der Waals surface area (Å²) in [4.78, 5) is 4.67. The minimum atomic E-state index is 0.106. The van der Waals surface area contributed by atoms with Gasteiger partial charge in [-0.25, -0.2) is 4.98 Å². The third kappa shape index (κ3) is 2.10. The van der Waals surface area contributed by atoms with Crippen LogP contribution in [0.15, 0.2) is 30.5 Å². The molecule has 2 aromatic heterocycles. The molecule has 2 heterocycles. The van der Waals surface area contributed by atoms with Crippen molar-refractivity contribution in [1.29, 1.82) is 0 Å². The Kier molecular flexibility index (Phi) is 3.00. The molecular formula is C13H16N6. The molecule has 0 spiro atoms. The highest BCUT2D eigenvalue weighted by Gasteiger charge is 2.16. The lowest BCUT2D eigenvalue weighted by molar-refractivity contribution is 0.551. The Hall–Kier alpha value is -2.21. The fourth-order valence-corrected chi connectivity index (χ4v) is 2.29. The summed E-state index contributed by atoms with van der Waals surface area (Å²) in [6.07, 6.45) is 2.51. The fraction of sp³-hybridized carbons (Fsp3) is 0.308. The number of imidazole rings is 1. The highest BCUT2D eigenvalue weighted by atomic mass is 15.3. The van der Waals surface area contributed by atoms with E-state index < -0.39 is 0 Å². The molecule has 98 valence electrons. The first-order valence-electron chi connectivity index (χ1n) is 6.23. The van der Waals surface area contributed by atoms with Crippen LogP contribution in [0.5, 0.6) is 0 Å². The highest BCUT2D eigenvalue weighted by Crippen LogP contribution is 2.19. The molecule has 3 aromatic rings. The molecule has 0 saturated heterocycles. The van der Waals surface area contributed by atoms with Crippen LogP contribution in [0.3, 0.4) is 0 Å². The van der Waals surface area contributed by atoms with Gasteiger partial charge in [0.05, 0.1) is 29.0 Å². The maximum absolute atomic E-state index is 4.67. The molecule has 0 radical (unpaired) electrons. The van der Waals surface area contributed by atoms with Gasteiger partial charge in [-0.05, 0) is 19.2 Å². The average molecular weight is 256 g/mol. The summed E-state index contributed by atoms with van der Waals surface area (Å²) in [5, 5.41) is 13.9.